The van der Waals surface area contributed by atoms with E-state index in [4.69, 9.17) is 9.26 Å². The third-order valence-electron chi connectivity index (χ3n) is 5.46. The Kier molecular flexibility index (Phi) is 6.47. The molecule has 0 saturated carbocycles. The van der Waals surface area contributed by atoms with Crippen molar-refractivity contribution in [1.82, 2.24) is 15.5 Å². The number of hydrogen-bond donors (Lipinski definition) is 1. The molecule has 1 aliphatic carbocycles. The second-order valence-corrected chi connectivity index (χ2v) is 8.07. The predicted octanol–water partition coefficient (Wildman–Crippen LogP) is 4.95. The Morgan fingerprint density at radius 2 is 2.12 bits per heavy atom. The van der Waals surface area contributed by atoms with Gasteiger partial charge < -0.3 is 14.6 Å². The lowest BCUT2D eigenvalue weighted by molar-refractivity contribution is 0.145. The maximum absolute atomic E-state index is 12.4. The minimum atomic E-state index is -2.35. The normalized spacial score (nSPS) is 15.2. The van der Waals surface area contributed by atoms with Gasteiger partial charge in [-0.1, -0.05) is 23.4 Å². The van der Waals surface area contributed by atoms with E-state index in [9.17, 15) is 14.0 Å². The standard InChI is InChI=1S/C24H24F2N4O2/c1-14(2)31-21-9-7-15(10-17(21)11-27)24-29-23(30-32-24)20-5-3-4-18-16(6-8-19(18)20)12-28-13-22(25)26/h3-5,7,9-10,14,16,22,28H,6,8,12-13H2,1-2H3/t16-/m1/s1. The highest BCUT2D eigenvalue weighted by Crippen LogP contribution is 2.38. The first kappa shape index (κ1) is 21.9. The number of ether oxygens (including phenoxy) is 1. The summed E-state index contributed by atoms with van der Waals surface area (Å²) in [6.45, 7) is 4.01. The molecule has 166 valence electrons. The van der Waals surface area contributed by atoms with Gasteiger partial charge in [0, 0.05) is 17.7 Å². The van der Waals surface area contributed by atoms with E-state index in [0.717, 1.165) is 29.5 Å². The molecular weight excluding hydrogens is 414 g/mol. The number of alkyl halides is 2. The summed E-state index contributed by atoms with van der Waals surface area (Å²) in [6.07, 6.45) is -0.683. The average Bonchev–Trinajstić information content (AvgIpc) is 3.41. The fourth-order valence-corrected chi connectivity index (χ4v) is 4.09. The quantitative estimate of drug-likeness (QED) is 0.536. The number of aromatic nitrogens is 2. The van der Waals surface area contributed by atoms with Gasteiger partial charge in [-0.2, -0.15) is 10.2 Å². The maximum Gasteiger partial charge on any atom is 0.258 e. The molecule has 0 radical (unpaired) electrons. The van der Waals surface area contributed by atoms with E-state index in [2.05, 4.69) is 21.5 Å². The van der Waals surface area contributed by atoms with Crippen LogP contribution in [0.15, 0.2) is 40.9 Å². The molecule has 0 spiro atoms. The van der Waals surface area contributed by atoms with Gasteiger partial charge in [-0.3, -0.25) is 0 Å². The van der Waals surface area contributed by atoms with Crippen LogP contribution in [0.4, 0.5) is 8.78 Å². The van der Waals surface area contributed by atoms with Gasteiger partial charge in [0.05, 0.1) is 18.2 Å². The highest BCUT2D eigenvalue weighted by molar-refractivity contribution is 5.67. The minimum absolute atomic E-state index is 0.0440. The lowest BCUT2D eigenvalue weighted by Crippen LogP contribution is -2.25. The number of benzene rings is 2. The van der Waals surface area contributed by atoms with Gasteiger partial charge in [0.25, 0.3) is 12.3 Å². The Balaban J connectivity index is 1.58. The molecule has 0 bridgehead atoms. The number of nitrogens with zero attached hydrogens (tertiary/aromatic N) is 3. The van der Waals surface area contributed by atoms with Crippen molar-refractivity contribution in [2.75, 3.05) is 13.1 Å². The first-order valence-corrected chi connectivity index (χ1v) is 10.6. The Labute approximate surface area is 185 Å². The van der Waals surface area contributed by atoms with Crippen molar-refractivity contribution < 1.29 is 18.0 Å². The topological polar surface area (TPSA) is 84.0 Å². The Bertz CT molecular complexity index is 1140. The van der Waals surface area contributed by atoms with Gasteiger partial charge in [0.1, 0.15) is 11.8 Å². The van der Waals surface area contributed by atoms with E-state index < -0.39 is 6.43 Å². The van der Waals surface area contributed by atoms with E-state index in [1.807, 2.05) is 32.0 Å². The van der Waals surface area contributed by atoms with E-state index in [1.165, 1.54) is 0 Å². The molecule has 0 saturated heterocycles. The maximum atomic E-state index is 12.4. The van der Waals surface area contributed by atoms with E-state index in [1.54, 1.807) is 18.2 Å². The van der Waals surface area contributed by atoms with Crippen LogP contribution in [0.25, 0.3) is 22.8 Å². The smallest absolute Gasteiger partial charge is 0.258 e. The number of fused-ring (bicyclic) bond motifs is 1. The molecule has 0 unspecified atom stereocenters. The molecule has 1 heterocycles. The Morgan fingerprint density at radius 3 is 2.88 bits per heavy atom. The third-order valence-corrected chi connectivity index (χ3v) is 5.46. The summed E-state index contributed by atoms with van der Waals surface area (Å²) >= 11 is 0. The lowest BCUT2D eigenvalue weighted by atomic mass is 9.98. The van der Waals surface area contributed by atoms with E-state index >= 15 is 0 Å². The van der Waals surface area contributed by atoms with Crippen LogP contribution >= 0.6 is 0 Å². The molecular formula is C24H24F2N4O2. The first-order valence-electron chi connectivity index (χ1n) is 10.6. The Morgan fingerprint density at radius 1 is 1.28 bits per heavy atom. The van der Waals surface area contributed by atoms with Crippen molar-refractivity contribution in [3.05, 3.63) is 53.1 Å². The number of nitrogens with one attached hydrogen (secondary N) is 1. The molecule has 2 aromatic carbocycles. The zero-order valence-corrected chi connectivity index (χ0v) is 17.9. The van der Waals surface area contributed by atoms with Crippen molar-refractivity contribution in [1.29, 1.82) is 5.26 Å². The number of hydrogen-bond acceptors (Lipinski definition) is 6. The van der Waals surface area contributed by atoms with Gasteiger partial charge in [-0.15, -0.1) is 0 Å². The molecule has 32 heavy (non-hydrogen) atoms. The monoisotopic (exact) mass is 438 g/mol. The molecule has 1 atom stereocenters. The fourth-order valence-electron chi connectivity index (χ4n) is 4.09. The number of rotatable bonds is 8. The van der Waals surface area contributed by atoms with Crippen LogP contribution in [0.3, 0.4) is 0 Å². The first-order chi connectivity index (χ1) is 15.5. The Hall–Kier alpha value is -3.31. The van der Waals surface area contributed by atoms with E-state index in [-0.39, 0.29) is 18.6 Å². The lowest BCUT2D eigenvalue weighted by Gasteiger charge is -2.13. The summed E-state index contributed by atoms with van der Waals surface area (Å²) in [4.78, 5) is 4.56. The fraction of sp³-hybridized carbons (Fsp3) is 0.375. The highest BCUT2D eigenvalue weighted by atomic mass is 19.3. The van der Waals surface area contributed by atoms with Crippen molar-refractivity contribution in [2.24, 2.45) is 0 Å². The van der Waals surface area contributed by atoms with Crippen LogP contribution in [0.1, 0.15) is 42.9 Å². The summed E-state index contributed by atoms with van der Waals surface area (Å²) in [7, 11) is 0. The van der Waals surface area contributed by atoms with Crippen LogP contribution in [0.2, 0.25) is 0 Å². The second-order valence-electron chi connectivity index (χ2n) is 8.07. The minimum Gasteiger partial charge on any atom is -0.490 e. The van der Waals surface area contributed by atoms with Crippen molar-refractivity contribution in [2.45, 2.75) is 45.1 Å². The van der Waals surface area contributed by atoms with Gasteiger partial charge in [0.15, 0.2) is 0 Å². The second kappa shape index (κ2) is 9.45. The van der Waals surface area contributed by atoms with Crippen LogP contribution in [-0.4, -0.2) is 35.8 Å². The van der Waals surface area contributed by atoms with Crippen LogP contribution < -0.4 is 10.1 Å². The number of halogens is 2. The molecule has 4 rings (SSSR count). The summed E-state index contributed by atoms with van der Waals surface area (Å²) in [5.41, 5.74) is 4.18. The largest absolute Gasteiger partial charge is 0.490 e. The summed E-state index contributed by atoms with van der Waals surface area (Å²) in [5.74, 6) is 1.48. The molecule has 1 N–H and O–H groups in total. The highest BCUT2D eigenvalue weighted by Gasteiger charge is 2.26. The molecule has 1 aliphatic rings. The van der Waals surface area contributed by atoms with E-state index in [0.29, 0.717) is 35.1 Å². The van der Waals surface area contributed by atoms with Crippen LogP contribution in [0, 0.1) is 11.3 Å². The average molecular weight is 438 g/mol. The van der Waals surface area contributed by atoms with Gasteiger partial charge in [-0.25, -0.2) is 8.78 Å². The van der Waals surface area contributed by atoms with Crippen molar-refractivity contribution in [3.8, 4) is 34.7 Å². The van der Waals surface area contributed by atoms with Crippen LogP contribution in [-0.2, 0) is 6.42 Å². The third kappa shape index (κ3) is 4.63. The molecule has 8 heteroatoms. The van der Waals surface area contributed by atoms with Gasteiger partial charge in [-0.05, 0) is 61.9 Å². The zero-order chi connectivity index (χ0) is 22.7. The van der Waals surface area contributed by atoms with Crippen molar-refractivity contribution >= 4 is 0 Å². The summed E-state index contributed by atoms with van der Waals surface area (Å²) < 4.78 is 36.1. The molecule has 6 nitrogen and oxygen atoms in total. The molecule has 0 aliphatic heterocycles. The molecule has 3 aromatic rings. The molecule has 0 amide bonds. The number of nitriles is 1. The zero-order valence-electron chi connectivity index (χ0n) is 17.9. The van der Waals surface area contributed by atoms with Crippen molar-refractivity contribution in [3.63, 3.8) is 0 Å². The summed E-state index contributed by atoms with van der Waals surface area (Å²) in [6, 6.07) is 13.3. The molecule has 1 aromatic heterocycles. The SMILES string of the molecule is CC(C)Oc1ccc(-c2nc(-c3cccc4c3CC[C@@H]4CNCC(F)F)no2)cc1C#N. The van der Waals surface area contributed by atoms with Gasteiger partial charge >= 0.3 is 0 Å². The molecule has 0 fully saturated rings. The van der Waals surface area contributed by atoms with Crippen LogP contribution in [0.5, 0.6) is 5.75 Å². The van der Waals surface area contributed by atoms with Gasteiger partial charge in [0.2, 0.25) is 5.82 Å². The summed E-state index contributed by atoms with van der Waals surface area (Å²) in [5, 5.41) is 16.5. The predicted molar refractivity (Wildman–Crippen MR) is 116 cm³/mol.